The number of aromatic nitrogens is 1. The van der Waals surface area contributed by atoms with E-state index in [9.17, 15) is 9.59 Å². The maximum atomic E-state index is 11.6. The molecule has 94 valence electrons. The van der Waals surface area contributed by atoms with Gasteiger partial charge in [0.25, 0.3) is 0 Å². The van der Waals surface area contributed by atoms with Crippen LogP contribution in [0.25, 0.3) is 0 Å². The van der Waals surface area contributed by atoms with Gasteiger partial charge < -0.3 is 14.0 Å². The number of hydrogen-bond acceptors (Lipinski definition) is 4. The lowest BCUT2D eigenvalue weighted by molar-refractivity contribution is -0.155. The molecule has 1 heterocycles. The first-order chi connectivity index (χ1) is 7.83. The van der Waals surface area contributed by atoms with Crippen molar-refractivity contribution in [2.45, 2.75) is 32.9 Å². The molecule has 0 aliphatic carbocycles. The SMILES string of the molecule is COC(=O)c1cccn1CC(=O)OC(C)(C)C. The zero-order chi connectivity index (χ0) is 13.1. The van der Waals surface area contributed by atoms with Crippen LogP contribution in [0.3, 0.4) is 0 Å². The summed E-state index contributed by atoms with van der Waals surface area (Å²) in [6, 6.07) is 3.27. The van der Waals surface area contributed by atoms with Gasteiger partial charge in [-0.1, -0.05) is 0 Å². The topological polar surface area (TPSA) is 57.5 Å². The fourth-order valence-electron chi connectivity index (χ4n) is 1.35. The van der Waals surface area contributed by atoms with E-state index in [2.05, 4.69) is 4.74 Å². The Morgan fingerprint density at radius 2 is 2.00 bits per heavy atom. The lowest BCUT2D eigenvalue weighted by Gasteiger charge is -2.20. The summed E-state index contributed by atoms with van der Waals surface area (Å²) < 4.78 is 11.3. The minimum atomic E-state index is -0.532. The molecule has 0 aliphatic heterocycles. The Balaban J connectivity index is 2.72. The van der Waals surface area contributed by atoms with Crippen LogP contribution in [0.1, 0.15) is 31.3 Å². The van der Waals surface area contributed by atoms with Crippen LogP contribution < -0.4 is 0 Å². The second kappa shape index (κ2) is 5.03. The van der Waals surface area contributed by atoms with E-state index in [1.165, 1.54) is 11.7 Å². The molecule has 0 bridgehead atoms. The molecule has 1 rings (SSSR count). The highest BCUT2D eigenvalue weighted by Crippen LogP contribution is 2.09. The van der Waals surface area contributed by atoms with E-state index in [-0.39, 0.29) is 12.5 Å². The van der Waals surface area contributed by atoms with Crippen molar-refractivity contribution in [1.82, 2.24) is 4.57 Å². The molecule has 0 unspecified atom stereocenters. The first-order valence-corrected chi connectivity index (χ1v) is 5.29. The van der Waals surface area contributed by atoms with E-state index < -0.39 is 11.6 Å². The molecule has 1 aromatic heterocycles. The number of hydrogen-bond donors (Lipinski definition) is 0. The number of esters is 2. The van der Waals surface area contributed by atoms with Gasteiger partial charge in [0.1, 0.15) is 17.8 Å². The lowest BCUT2D eigenvalue weighted by Crippen LogP contribution is -2.27. The Labute approximate surface area is 100 Å². The Kier molecular flexibility index (Phi) is 3.93. The number of carbonyl (C=O) groups is 2. The van der Waals surface area contributed by atoms with Gasteiger partial charge >= 0.3 is 11.9 Å². The molecule has 0 radical (unpaired) electrons. The normalized spacial score (nSPS) is 11.1. The molecular weight excluding hydrogens is 222 g/mol. The summed E-state index contributed by atoms with van der Waals surface area (Å²) in [5.41, 5.74) is -0.200. The Hall–Kier alpha value is -1.78. The second-order valence-electron chi connectivity index (χ2n) is 4.60. The average Bonchev–Trinajstić information content (AvgIpc) is 2.61. The summed E-state index contributed by atoms with van der Waals surface area (Å²) in [7, 11) is 1.30. The van der Waals surface area contributed by atoms with Crippen LogP contribution in [0.2, 0.25) is 0 Å². The van der Waals surface area contributed by atoms with Crippen molar-refractivity contribution < 1.29 is 19.1 Å². The van der Waals surface area contributed by atoms with E-state index in [1.54, 1.807) is 39.1 Å². The second-order valence-corrected chi connectivity index (χ2v) is 4.60. The van der Waals surface area contributed by atoms with Crippen LogP contribution in [0.15, 0.2) is 18.3 Å². The summed E-state index contributed by atoms with van der Waals surface area (Å²) in [5, 5.41) is 0. The third-order valence-electron chi connectivity index (χ3n) is 1.94. The predicted molar refractivity (Wildman–Crippen MR) is 61.6 cm³/mol. The van der Waals surface area contributed by atoms with Crippen molar-refractivity contribution >= 4 is 11.9 Å². The van der Waals surface area contributed by atoms with E-state index in [1.807, 2.05) is 0 Å². The zero-order valence-electron chi connectivity index (χ0n) is 10.5. The molecule has 0 N–H and O–H groups in total. The molecule has 5 heteroatoms. The molecule has 0 saturated heterocycles. The molecule has 5 nitrogen and oxygen atoms in total. The zero-order valence-corrected chi connectivity index (χ0v) is 10.5. The number of ether oxygens (including phenoxy) is 2. The third kappa shape index (κ3) is 3.94. The van der Waals surface area contributed by atoms with Gasteiger partial charge in [-0.2, -0.15) is 0 Å². The van der Waals surface area contributed by atoms with E-state index in [4.69, 9.17) is 4.74 Å². The van der Waals surface area contributed by atoms with Gasteiger partial charge in [-0.3, -0.25) is 4.79 Å². The van der Waals surface area contributed by atoms with Gasteiger partial charge in [0.05, 0.1) is 7.11 Å². The van der Waals surface area contributed by atoms with Gasteiger partial charge in [0.2, 0.25) is 0 Å². The van der Waals surface area contributed by atoms with E-state index in [0.29, 0.717) is 5.69 Å². The van der Waals surface area contributed by atoms with Crippen LogP contribution in [-0.2, 0) is 20.8 Å². The predicted octanol–water partition coefficient (Wildman–Crippen LogP) is 1.62. The quantitative estimate of drug-likeness (QED) is 0.752. The molecule has 0 atom stereocenters. The van der Waals surface area contributed by atoms with Crippen molar-refractivity contribution in [3.8, 4) is 0 Å². The molecule has 0 aromatic carbocycles. The summed E-state index contributed by atoms with van der Waals surface area (Å²) >= 11 is 0. The smallest absolute Gasteiger partial charge is 0.354 e. The molecule has 0 fully saturated rings. The van der Waals surface area contributed by atoms with Crippen molar-refractivity contribution in [2.24, 2.45) is 0 Å². The highest BCUT2D eigenvalue weighted by molar-refractivity contribution is 5.88. The summed E-state index contributed by atoms with van der Waals surface area (Å²) in [6.45, 7) is 5.38. The van der Waals surface area contributed by atoms with Gasteiger partial charge in [0.15, 0.2) is 0 Å². The molecule has 1 aromatic rings. The average molecular weight is 239 g/mol. The highest BCUT2D eigenvalue weighted by atomic mass is 16.6. The van der Waals surface area contributed by atoms with Crippen molar-refractivity contribution in [1.29, 1.82) is 0 Å². The monoisotopic (exact) mass is 239 g/mol. The first-order valence-electron chi connectivity index (χ1n) is 5.29. The van der Waals surface area contributed by atoms with Gasteiger partial charge in [0, 0.05) is 6.20 Å². The maximum absolute atomic E-state index is 11.6. The minimum absolute atomic E-state index is 0.00525. The van der Waals surface area contributed by atoms with Crippen molar-refractivity contribution in [2.75, 3.05) is 7.11 Å². The molecular formula is C12H17NO4. The van der Waals surface area contributed by atoms with Crippen LogP contribution in [0.5, 0.6) is 0 Å². The summed E-state index contributed by atoms with van der Waals surface area (Å²) in [5.74, 6) is -0.864. The fourth-order valence-corrected chi connectivity index (χ4v) is 1.35. The lowest BCUT2D eigenvalue weighted by atomic mass is 10.2. The number of rotatable bonds is 3. The fraction of sp³-hybridized carbons (Fsp3) is 0.500. The van der Waals surface area contributed by atoms with E-state index >= 15 is 0 Å². The van der Waals surface area contributed by atoms with Crippen LogP contribution in [0.4, 0.5) is 0 Å². The molecule has 0 spiro atoms. The van der Waals surface area contributed by atoms with Crippen molar-refractivity contribution in [3.05, 3.63) is 24.0 Å². The number of carbonyl (C=O) groups excluding carboxylic acids is 2. The van der Waals surface area contributed by atoms with Gasteiger partial charge in [-0.15, -0.1) is 0 Å². The maximum Gasteiger partial charge on any atom is 0.354 e. The first kappa shape index (κ1) is 13.3. The highest BCUT2D eigenvalue weighted by Gasteiger charge is 2.18. The largest absolute Gasteiger partial charge is 0.464 e. The Morgan fingerprint density at radius 1 is 1.35 bits per heavy atom. The van der Waals surface area contributed by atoms with Crippen LogP contribution in [-0.4, -0.2) is 29.2 Å². The Morgan fingerprint density at radius 3 is 2.53 bits per heavy atom. The van der Waals surface area contributed by atoms with Crippen LogP contribution >= 0.6 is 0 Å². The number of methoxy groups -OCH3 is 1. The standard InChI is InChI=1S/C12H17NO4/c1-12(2,3)17-10(14)8-13-7-5-6-9(13)11(15)16-4/h5-7H,8H2,1-4H3. The molecule has 17 heavy (non-hydrogen) atoms. The van der Waals surface area contributed by atoms with Crippen LogP contribution in [0, 0.1) is 0 Å². The minimum Gasteiger partial charge on any atom is -0.464 e. The molecule has 0 saturated carbocycles. The van der Waals surface area contributed by atoms with Gasteiger partial charge in [-0.05, 0) is 32.9 Å². The number of nitrogens with zero attached hydrogens (tertiary/aromatic N) is 1. The molecule has 0 aliphatic rings. The van der Waals surface area contributed by atoms with E-state index in [0.717, 1.165) is 0 Å². The van der Waals surface area contributed by atoms with Crippen molar-refractivity contribution in [3.63, 3.8) is 0 Å². The summed E-state index contributed by atoms with van der Waals surface area (Å²) in [6.07, 6.45) is 1.64. The Bertz CT molecular complexity index is 414. The van der Waals surface area contributed by atoms with Gasteiger partial charge in [-0.25, -0.2) is 4.79 Å². The summed E-state index contributed by atoms with van der Waals surface area (Å²) in [4.78, 5) is 23.0. The third-order valence-corrected chi connectivity index (χ3v) is 1.94. The molecule has 0 amide bonds.